The van der Waals surface area contributed by atoms with Gasteiger partial charge in [0.2, 0.25) is 5.91 Å². The minimum absolute atomic E-state index is 0.178. The first kappa shape index (κ1) is 24.2. The molecule has 1 aromatic heterocycles. The van der Waals surface area contributed by atoms with Crippen LogP contribution >= 0.6 is 0 Å². The fraction of sp³-hybridized carbons (Fsp3) is 0.421. The predicted molar refractivity (Wildman–Crippen MR) is 95.5 cm³/mol. The standard InChI is InChI=1S/C17H18F3N3O.C2HF3O2/c1-9(10-6-12(18)15(20)13(19)7-10)22-17(24)11-4-3-5-14-16(11)21-8-23(14)2;3-2(4,5)1(6)7/h6-9,11H,3-5H2,1-2H3,(H,22,24);(H,6,7). The smallest absolute Gasteiger partial charge is 0.475 e. The monoisotopic (exact) mass is 451 g/mol. The van der Waals surface area contributed by atoms with Crippen molar-refractivity contribution in [1.82, 2.24) is 14.9 Å². The number of imidazole rings is 1. The highest BCUT2D eigenvalue weighted by Crippen LogP contribution is 2.31. The van der Waals surface area contributed by atoms with Crippen LogP contribution in [0.25, 0.3) is 0 Å². The first-order chi connectivity index (χ1) is 14.3. The minimum Gasteiger partial charge on any atom is -0.475 e. The molecule has 0 saturated heterocycles. The van der Waals surface area contributed by atoms with Crippen molar-refractivity contribution >= 4 is 11.9 Å². The van der Waals surface area contributed by atoms with Gasteiger partial charge in [-0.3, -0.25) is 4.79 Å². The highest BCUT2D eigenvalue weighted by molar-refractivity contribution is 5.84. The molecule has 2 atom stereocenters. The van der Waals surface area contributed by atoms with Crippen LogP contribution in [-0.4, -0.2) is 32.7 Å². The summed E-state index contributed by atoms with van der Waals surface area (Å²) in [5.74, 6) is -7.43. The highest BCUT2D eigenvalue weighted by Gasteiger charge is 2.38. The van der Waals surface area contributed by atoms with Gasteiger partial charge in [-0.2, -0.15) is 13.2 Å². The molecule has 170 valence electrons. The molecule has 0 fully saturated rings. The van der Waals surface area contributed by atoms with E-state index in [4.69, 9.17) is 9.90 Å². The van der Waals surface area contributed by atoms with E-state index in [0.29, 0.717) is 6.42 Å². The number of alkyl halides is 3. The van der Waals surface area contributed by atoms with E-state index in [1.54, 1.807) is 13.3 Å². The van der Waals surface area contributed by atoms with Crippen molar-refractivity contribution in [2.45, 2.75) is 44.3 Å². The van der Waals surface area contributed by atoms with Gasteiger partial charge in [-0.1, -0.05) is 0 Å². The van der Waals surface area contributed by atoms with Crippen LogP contribution in [0.3, 0.4) is 0 Å². The lowest BCUT2D eigenvalue weighted by molar-refractivity contribution is -0.192. The fourth-order valence-electron chi connectivity index (χ4n) is 3.16. The SMILES string of the molecule is CC(NC(=O)C1CCCc2c1ncn2C)c1cc(F)c(F)c(F)c1.O=C(O)C(F)(F)F. The van der Waals surface area contributed by atoms with Gasteiger partial charge in [0.1, 0.15) is 0 Å². The Labute approximate surface area is 172 Å². The van der Waals surface area contributed by atoms with Crippen LogP contribution in [0.15, 0.2) is 18.5 Å². The Morgan fingerprint density at radius 3 is 2.29 bits per heavy atom. The Balaban J connectivity index is 0.000000423. The van der Waals surface area contributed by atoms with Crippen LogP contribution < -0.4 is 5.32 Å². The molecule has 1 aliphatic carbocycles. The number of hydrogen-bond acceptors (Lipinski definition) is 3. The Morgan fingerprint density at radius 1 is 1.23 bits per heavy atom. The number of nitrogens with zero attached hydrogens (tertiary/aromatic N) is 2. The Hall–Kier alpha value is -3.05. The summed E-state index contributed by atoms with van der Waals surface area (Å²) >= 11 is 0. The topological polar surface area (TPSA) is 84.2 Å². The van der Waals surface area contributed by atoms with Gasteiger partial charge in [0.15, 0.2) is 17.5 Å². The maximum Gasteiger partial charge on any atom is 0.490 e. The van der Waals surface area contributed by atoms with Gasteiger partial charge < -0.3 is 15.0 Å². The molecule has 2 aromatic rings. The van der Waals surface area contributed by atoms with E-state index in [-0.39, 0.29) is 17.4 Å². The third-order valence-corrected chi connectivity index (χ3v) is 4.75. The average molecular weight is 451 g/mol. The maximum atomic E-state index is 13.4. The van der Waals surface area contributed by atoms with Gasteiger partial charge in [-0.25, -0.2) is 22.9 Å². The number of carbonyl (C=O) groups is 2. The molecule has 6 nitrogen and oxygen atoms in total. The largest absolute Gasteiger partial charge is 0.490 e. The van der Waals surface area contributed by atoms with Gasteiger partial charge in [0.05, 0.1) is 24.0 Å². The molecular weight excluding hydrogens is 432 g/mol. The van der Waals surface area contributed by atoms with Gasteiger partial charge in [-0.05, 0) is 43.9 Å². The second kappa shape index (κ2) is 9.40. The van der Waals surface area contributed by atoms with Crippen molar-refractivity contribution < 1.29 is 41.0 Å². The van der Waals surface area contributed by atoms with E-state index >= 15 is 0 Å². The first-order valence-corrected chi connectivity index (χ1v) is 9.08. The van der Waals surface area contributed by atoms with E-state index in [9.17, 15) is 31.1 Å². The minimum atomic E-state index is -5.08. The second-order valence-electron chi connectivity index (χ2n) is 6.96. The third-order valence-electron chi connectivity index (χ3n) is 4.75. The molecule has 12 heteroatoms. The number of aliphatic carboxylic acids is 1. The molecule has 0 radical (unpaired) electrons. The zero-order valence-corrected chi connectivity index (χ0v) is 16.4. The van der Waals surface area contributed by atoms with E-state index in [2.05, 4.69) is 10.3 Å². The number of halogens is 6. The van der Waals surface area contributed by atoms with Crippen molar-refractivity contribution in [3.05, 3.63) is 52.9 Å². The lowest BCUT2D eigenvalue weighted by atomic mass is 9.88. The number of hydrogen-bond donors (Lipinski definition) is 2. The van der Waals surface area contributed by atoms with Gasteiger partial charge in [0, 0.05) is 12.7 Å². The van der Waals surface area contributed by atoms with Crippen LogP contribution in [0.2, 0.25) is 0 Å². The molecule has 31 heavy (non-hydrogen) atoms. The molecule has 0 saturated carbocycles. The number of aromatic nitrogens is 2. The molecule has 0 bridgehead atoms. The Morgan fingerprint density at radius 2 is 1.77 bits per heavy atom. The van der Waals surface area contributed by atoms with E-state index < -0.39 is 35.6 Å². The normalized spacial score (nSPS) is 16.6. The summed E-state index contributed by atoms with van der Waals surface area (Å²) in [6.07, 6.45) is -0.975. The van der Waals surface area contributed by atoms with Crippen molar-refractivity contribution in [3.63, 3.8) is 0 Å². The number of benzene rings is 1. The second-order valence-corrected chi connectivity index (χ2v) is 6.96. The van der Waals surface area contributed by atoms with Crippen LogP contribution in [0.5, 0.6) is 0 Å². The summed E-state index contributed by atoms with van der Waals surface area (Å²) in [6, 6.07) is 1.16. The van der Waals surface area contributed by atoms with E-state index in [1.807, 2.05) is 11.6 Å². The highest BCUT2D eigenvalue weighted by atomic mass is 19.4. The van der Waals surface area contributed by atoms with Gasteiger partial charge in [-0.15, -0.1) is 0 Å². The van der Waals surface area contributed by atoms with Crippen molar-refractivity contribution in [3.8, 4) is 0 Å². The molecule has 1 heterocycles. The fourth-order valence-corrected chi connectivity index (χ4v) is 3.16. The first-order valence-electron chi connectivity index (χ1n) is 9.08. The molecule has 1 aliphatic rings. The van der Waals surface area contributed by atoms with Crippen molar-refractivity contribution in [2.24, 2.45) is 7.05 Å². The zero-order chi connectivity index (χ0) is 23.5. The summed E-state index contributed by atoms with van der Waals surface area (Å²) in [5.41, 5.74) is 1.97. The van der Waals surface area contributed by atoms with Crippen LogP contribution in [0, 0.1) is 17.5 Å². The Bertz CT molecular complexity index is 950. The third kappa shape index (κ3) is 5.76. The molecule has 2 unspecified atom stereocenters. The molecule has 1 aromatic carbocycles. The number of nitrogens with one attached hydrogen (secondary N) is 1. The molecule has 1 amide bonds. The van der Waals surface area contributed by atoms with Crippen molar-refractivity contribution in [2.75, 3.05) is 0 Å². The lowest BCUT2D eigenvalue weighted by Crippen LogP contribution is -2.33. The number of carbonyl (C=O) groups excluding carboxylic acids is 1. The number of carboxylic acids is 1. The van der Waals surface area contributed by atoms with Crippen LogP contribution in [0.1, 0.15) is 48.7 Å². The van der Waals surface area contributed by atoms with E-state index in [1.165, 1.54) is 0 Å². The van der Waals surface area contributed by atoms with Crippen LogP contribution in [0.4, 0.5) is 26.3 Å². The van der Waals surface area contributed by atoms with Gasteiger partial charge in [0.25, 0.3) is 0 Å². The number of carboxylic acid groups (broad SMARTS) is 1. The molecule has 2 N–H and O–H groups in total. The summed E-state index contributed by atoms with van der Waals surface area (Å²) in [4.78, 5) is 25.8. The lowest BCUT2D eigenvalue weighted by Gasteiger charge is -2.24. The predicted octanol–water partition coefficient (Wildman–Crippen LogP) is 3.77. The Kier molecular flexibility index (Phi) is 7.34. The molecule has 3 rings (SSSR count). The maximum absolute atomic E-state index is 13.4. The summed E-state index contributed by atoms with van der Waals surface area (Å²) in [5, 5.41) is 9.87. The zero-order valence-electron chi connectivity index (χ0n) is 16.4. The number of fused-ring (bicyclic) bond motifs is 1. The van der Waals surface area contributed by atoms with Crippen LogP contribution in [-0.2, 0) is 23.1 Å². The quantitative estimate of drug-likeness (QED) is 0.550. The van der Waals surface area contributed by atoms with Crippen molar-refractivity contribution in [1.29, 1.82) is 0 Å². The average Bonchev–Trinajstić information content (AvgIpc) is 3.06. The van der Waals surface area contributed by atoms with Gasteiger partial charge >= 0.3 is 12.1 Å². The summed E-state index contributed by atoms with van der Waals surface area (Å²) in [7, 11) is 1.89. The molecular formula is C19H19F6N3O3. The number of amides is 1. The number of rotatable bonds is 3. The summed E-state index contributed by atoms with van der Waals surface area (Å²) in [6.45, 7) is 1.60. The van der Waals surface area contributed by atoms with E-state index in [0.717, 1.165) is 36.4 Å². The molecule has 0 aliphatic heterocycles. The molecule has 0 spiro atoms. The summed E-state index contributed by atoms with van der Waals surface area (Å²) < 4.78 is 73.4. The number of aryl methyl sites for hydroxylation is 1.